The predicted molar refractivity (Wildman–Crippen MR) is 73.2 cm³/mol. The van der Waals surface area contributed by atoms with Crippen LogP contribution in [0.25, 0.3) is 0 Å². The molecule has 0 atom stereocenters. The molecule has 1 aliphatic rings. The van der Waals surface area contributed by atoms with Crippen molar-refractivity contribution in [2.45, 2.75) is 25.8 Å². The first-order valence-corrected chi connectivity index (χ1v) is 6.82. The van der Waals surface area contributed by atoms with Crippen LogP contribution in [0.4, 0.5) is 0 Å². The van der Waals surface area contributed by atoms with Gasteiger partial charge in [-0.05, 0) is 31.9 Å². The van der Waals surface area contributed by atoms with E-state index in [1.807, 2.05) is 28.8 Å². The van der Waals surface area contributed by atoms with Gasteiger partial charge in [0.15, 0.2) is 0 Å². The zero-order chi connectivity index (χ0) is 13.9. The second kappa shape index (κ2) is 5.40. The Labute approximate surface area is 117 Å². The Hall–Kier alpha value is -2.24. The highest BCUT2D eigenvalue weighted by Crippen LogP contribution is 2.22. The molecular weight excluding hydrogens is 254 g/mol. The van der Waals surface area contributed by atoms with Crippen LogP contribution in [0.3, 0.4) is 0 Å². The molecule has 0 N–H and O–H groups in total. The summed E-state index contributed by atoms with van der Waals surface area (Å²) in [7, 11) is 0. The zero-order valence-corrected chi connectivity index (χ0v) is 11.4. The number of carbonyl (C=O) groups is 1. The molecule has 2 aromatic rings. The van der Waals surface area contributed by atoms with Crippen molar-refractivity contribution in [1.82, 2.24) is 24.9 Å². The van der Waals surface area contributed by atoms with Gasteiger partial charge >= 0.3 is 0 Å². The van der Waals surface area contributed by atoms with E-state index in [1.165, 1.54) is 6.20 Å². The Morgan fingerprint density at radius 3 is 2.65 bits per heavy atom. The Morgan fingerprint density at radius 2 is 2.05 bits per heavy atom. The first-order valence-electron chi connectivity index (χ1n) is 6.82. The second-order valence-corrected chi connectivity index (χ2v) is 5.09. The van der Waals surface area contributed by atoms with E-state index < -0.39 is 0 Å². The number of piperidine rings is 1. The van der Waals surface area contributed by atoms with Gasteiger partial charge in [-0.3, -0.25) is 9.48 Å². The first-order chi connectivity index (χ1) is 9.74. The summed E-state index contributed by atoms with van der Waals surface area (Å²) in [6.45, 7) is 3.50. The SMILES string of the molecule is Cc1ccn(C2CCN(C(=O)c3ccnnc3)CC2)n1. The van der Waals surface area contributed by atoms with Crippen LogP contribution in [0.1, 0.15) is 34.9 Å². The van der Waals surface area contributed by atoms with Gasteiger partial charge in [0.25, 0.3) is 5.91 Å². The molecule has 104 valence electrons. The summed E-state index contributed by atoms with van der Waals surface area (Å²) in [6.07, 6.45) is 6.96. The van der Waals surface area contributed by atoms with Crippen LogP contribution in [-0.2, 0) is 0 Å². The highest BCUT2D eigenvalue weighted by molar-refractivity contribution is 5.93. The third kappa shape index (κ3) is 2.54. The lowest BCUT2D eigenvalue weighted by Crippen LogP contribution is -2.39. The van der Waals surface area contributed by atoms with Gasteiger partial charge in [-0.15, -0.1) is 0 Å². The Balaban J connectivity index is 1.63. The summed E-state index contributed by atoms with van der Waals surface area (Å²) < 4.78 is 2.02. The average molecular weight is 271 g/mol. The molecule has 1 aliphatic heterocycles. The highest BCUT2D eigenvalue weighted by atomic mass is 16.2. The van der Waals surface area contributed by atoms with Gasteiger partial charge in [0.2, 0.25) is 0 Å². The molecule has 0 saturated carbocycles. The molecule has 6 nitrogen and oxygen atoms in total. The van der Waals surface area contributed by atoms with Crippen molar-refractivity contribution >= 4 is 5.91 Å². The van der Waals surface area contributed by atoms with Gasteiger partial charge in [-0.25, -0.2) is 0 Å². The highest BCUT2D eigenvalue weighted by Gasteiger charge is 2.24. The smallest absolute Gasteiger partial charge is 0.255 e. The van der Waals surface area contributed by atoms with Crippen molar-refractivity contribution < 1.29 is 4.79 Å². The fraction of sp³-hybridized carbons (Fsp3) is 0.429. The summed E-state index contributed by atoms with van der Waals surface area (Å²) >= 11 is 0. The molecule has 3 heterocycles. The Kier molecular flexibility index (Phi) is 3.45. The molecule has 0 aliphatic carbocycles. The summed E-state index contributed by atoms with van der Waals surface area (Å²) in [5.41, 5.74) is 1.64. The summed E-state index contributed by atoms with van der Waals surface area (Å²) in [5, 5.41) is 11.9. The lowest BCUT2D eigenvalue weighted by atomic mass is 10.0. The largest absolute Gasteiger partial charge is 0.338 e. The molecule has 1 saturated heterocycles. The minimum atomic E-state index is 0.0370. The number of hydrogen-bond donors (Lipinski definition) is 0. The number of amides is 1. The van der Waals surface area contributed by atoms with Gasteiger partial charge in [-0.2, -0.15) is 15.3 Å². The number of rotatable bonds is 2. The molecule has 20 heavy (non-hydrogen) atoms. The van der Waals surface area contributed by atoms with E-state index >= 15 is 0 Å². The van der Waals surface area contributed by atoms with E-state index in [-0.39, 0.29) is 5.91 Å². The maximum absolute atomic E-state index is 12.3. The number of carbonyl (C=O) groups excluding carboxylic acids is 1. The van der Waals surface area contributed by atoms with Crippen molar-refractivity contribution in [3.63, 3.8) is 0 Å². The van der Waals surface area contributed by atoms with Gasteiger partial charge in [0.05, 0.1) is 29.7 Å². The normalized spacial score (nSPS) is 16.4. The molecule has 0 bridgehead atoms. The van der Waals surface area contributed by atoms with E-state index in [0.717, 1.165) is 31.6 Å². The monoisotopic (exact) mass is 271 g/mol. The summed E-state index contributed by atoms with van der Waals surface area (Å²) in [4.78, 5) is 14.2. The summed E-state index contributed by atoms with van der Waals surface area (Å²) in [5.74, 6) is 0.0370. The topological polar surface area (TPSA) is 63.9 Å². The van der Waals surface area contributed by atoms with Crippen LogP contribution < -0.4 is 0 Å². The van der Waals surface area contributed by atoms with Crippen molar-refractivity contribution in [3.05, 3.63) is 42.0 Å². The van der Waals surface area contributed by atoms with Crippen LogP contribution in [0.2, 0.25) is 0 Å². The number of likely N-dealkylation sites (tertiary alicyclic amines) is 1. The average Bonchev–Trinajstić information content (AvgIpc) is 2.94. The van der Waals surface area contributed by atoms with E-state index in [4.69, 9.17) is 0 Å². The van der Waals surface area contributed by atoms with Gasteiger partial charge < -0.3 is 4.90 Å². The van der Waals surface area contributed by atoms with Gasteiger partial charge in [0, 0.05) is 19.3 Å². The number of aryl methyl sites for hydroxylation is 1. The summed E-state index contributed by atoms with van der Waals surface area (Å²) in [6, 6.07) is 4.11. The molecule has 0 aromatic carbocycles. The van der Waals surface area contributed by atoms with E-state index in [0.29, 0.717) is 11.6 Å². The molecule has 2 aromatic heterocycles. The van der Waals surface area contributed by atoms with Crippen molar-refractivity contribution in [2.24, 2.45) is 0 Å². The number of aromatic nitrogens is 4. The zero-order valence-electron chi connectivity index (χ0n) is 11.4. The molecule has 0 spiro atoms. The number of hydrogen-bond acceptors (Lipinski definition) is 4. The molecular formula is C14H17N5O. The minimum Gasteiger partial charge on any atom is -0.338 e. The third-order valence-electron chi connectivity index (χ3n) is 3.70. The maximum atomic E-state index is 12.3. The molecule has 3 rings (SSSR count). The maximum Gasteiger partial charge on any atom is 0.255 e. The van der Waals surface area contributed by atoms with E-state index in [2.05, 4.69) is 15.3 Å². The predicted octanol–water partition coefficient (Wildman–Crippen LogP) is 1.46. The van der Waals surface area contributed by atoms with Crippen LogP contribution in [0.5, 0.6) is 0 Å². The van der Waals surface area contributed by atoms with Crippen molar-refractivity contribution in [3.8, 4) is 0 Å². The first kappa shape index (κ1) is 12.8. The quantitative estimate of drug-likeness (QED) is 0.829. The molecule has 1 amide bonds. The molecule has 6 heteroatoms. The van der Waals surface area contributed by atoms with E-state index in [1.54, 1.807) is 12.3 Å². The van der Waals surface area contributed by atoms with Crippen molar-refractivity contribution in [2.75, 3.05) is 13.1 Å². The van der Waals surface area contributed by atoms with Crippen LogP contribution in [0, 0.1) is 6.92 Å². The lowest BCUT2D eigenvalue weighted by Gasteiger charge is -2.32. The Bertz CT molecular complexity index is 587. The van der Waals surface area contributed by atoms with E-state index in [9.17, 15) is 4.79 Å². The Morgan fingerprint density at radius 1 is 1.25 bits per heavy atom. The van der Waals surface area contributed by atoms with Gasteiger partial charge in [0.1, 0.15) is 0 Å². The van der Waals surface area contributed by atoms with Crippen LogP contribution >= 0.6 is 0 Å². The number of nitrogens with zero attached hydrogens (tertiary/aromatic N) is 5. The standard InChI is InChI=1S/C14H17N5O/c1-11-3-9-19(17-11)13-4-7-18(8-5-13)14(20)12-2-6-15-16-10-12/h2-3,6,9-10,13H,4-5,7-8H2,1H3. The second-order valence-electron chi connectivity index (χ2n) is 5.09. The van der Waals surface area contributed by atoms with Gasteiger partial charge in [-0.1, -0.05) is 0 Å². The fourth-order valence-corrected chi connectivity index (χ4v) is 2.57. The van der Waals surface area contributed by atoms with Crippen LogP contribution in [-0.4, -0.2) is 43.9 Å². The molecule has 0 radical (unpaired) electrons. The lowest BCUT2D eigenvalue weighted by molar-refractivity contribution is 0.0689. The molecule has 0 unspecified atom stereocenters. The minimum absolute atomic E-state index is 0.0370. The van der Waals surface area contributed by atoms with Crippen LogP contribution in [0.15, 0.2) is 30.7 Å². The molecule has 1 fully saturated rings. The third-order valence-corrected chi connectivity index (χ3v) is 3.70. The van der Waals surface area contributed by atoms with Crippen molar-refractivity contribution in [1.29, 1.82) is 0 Å². The fourth-order valence-electron chi connectivity index (χ4n) is 2.57.